The zero-order valence-electron chi connectivity index (χ0n) is 14.1. The van der Waals surface area contributed by atoms with E-state index in [1.807, 2.05) is 6.92 Å². The fourth-order valence-corrected chi connectivity index (χ4v) is 4.42. The minimum absolute atomic E-state index is 0.153. The molecule has 2 rings (SSSR count). The second-order valence-electron chi connectivity index (χ2n) is 5.05. The van der Waals surface area contributed by atoms with E-state index in [0.29, 0.717) is 28.3 Å². The van der Waals surface area contributed by atoms with E-state index in [0.717, 1.165) is 0 Å². The Morgan fingerprint density at radius 2 is 1.88 bits per heavy atom. The van der Waals surface area contributed by atoms with Gasteiger partial charge in [-0.05, 0) is 65.3 Å². The first-order valence-electron chi connectivity index (χ1n) is 7.64. The summed E-state index contributed by atoms with van der Waals surface area (Å²) < 4.78 is 38.6. The summed E-state index contributed by atoms with van der Waals surface area (Å²) in [7, 11) is -2.23. The van der Waals surface area contributed by atoms with Gasteiger partial charge in [-0.3, -0.25) is 4.31 Å². The third-order valence-corrected chi connectivity index (χ3v) is 5.85. The quantitative estimate of drug-likeness (QED) is 0.593. The van der Waals surface area contributed by atoms with Crippen molar-refractivity contribution in [1.82, 2.24) is 0 Å². The molecule has 0 saturated heterocycles. The number of methoxy groups -OCH3 is 1. The van der Waals surface area contributed by atoms with Gasteiger partial charge in [0.1, 0.15) is 11.5 Å². The first kappa shape index (κ1) is 19.3. The fraction of sp³-hybridized carbons (Fsp3) is 0.222. The lowest BCUT2D eigenvalue weighted by Crippen LogP contribution is -2.31. The molecule has 0 heterocycles. The Kier molecular flexibility index (Phi) is 6.50. The maximum absolute atomic E-state index is 13.1. The number of nitrogens with zero attached hydrogens (tertiary/aromatic N) is 1. The van der Waals surface area contributed by atoms with Crippen LogP contribution in [0.25, 0.3) is 0 Å². The third-order valence-electron chi connectivity index (χ3n) is 3.44. The monoisotopic (exact) mass is 425 g/mol. The largest absolute Gasteiger partial charge is 0.496 e. The number of hydrogen-bond donors (Lipinski definition) is 0. The fourth-order valence-electron chi connectivity index (χ4n) is 2.27. The van der Waals surface area contributed by atoms with Crippen molar-refractivity contribution >= 4 is 31.6 Å². The highest BCUT2D eigenvalue weighted by Crippen LogP contribution is 2.31. The van der Waals surface area contributed by atoms with E-state index in [1.54, 1.807) is 36.4 Å². The number of sulfonamides is 1. The Morgan fingerprint density at radius 3 is 2.40 bits per heavy atom. The number of ether oxygens (including phenoxy) is 2. The second-order valence-corrected chi connectivity index (χ2v) is 7.76. The van der Waals surface area contributed by atoms with Gasteiger partial charge in [0.05, 0.1) is 35.3 Å². The number of hydrogen-bond acceptors (Lipinski definition) is 4. The SMILES string of the molecule is C=CCN(c1ccc(OCC)cc1)S(=O)(=O)c1ccc(OC)c(Br)c1. The maximum Gasteiger partial charge on any atom is 0.264 e. The van der Waals surface area contributed by atoms with Crippen LogP contribution in [-0.4, -0.2) is 28.7 Å². The number of rotatable bonds is 8. The highest BCUT2D eigenvalue weighted by molar-refractivity contribution is 9.10. The molecule has 2 aromatic rings. The van der Waals surface area contributed by atoms with Crippen molar-refractivity contribution in [2.75, 3.05) is 24.6 Å². The Bertz CT molecular complexity index is 835. The molecule has 0 aliphatic rings. The van der Waals surface area contributed by atoms with E-state index in [2.05, 4.69) is 22.5 Å². The van der Waals surface area contributed by atoms with Crippen molar-refractivity contribution in [1.29, 1.82) is 0 Å². The predicted octanol–water partition coefficient (Wildman–Crippen LogP) is 4.24. The van der Waals surface area contributed by atoms with Crippen molar-refractivity contribution in [2.24, 2.45) is 0 Å². The molecule has 0 N–H and O–H groups in total. The van der Waals surface area contributed by atoms with Crippen LogP contribution in [0.15, 0.2) is 64.5 Å². The van der Waals surface area contributed by atoms with Crippen LogP contribution >= 0.6 is 15.9 Å². The molecule has 0 aromatic heterocycles. The summed E-state index contributed by atoms with van der Waals surface area (Å²) in [5.74, 6) is 1.25. The van der Waals surface area contributed by atoms with Crippen LogP contribution in [0.4, 0.5) is 5.69 Å². The normalized spacial score (nSPS) is 11.0. The number of halogens is 1. The number of benzene rings is 2. The van der Waals surface area contributed by atoms with Crippen molar-refractivity contribution in [3.05, 3.63) is 59.6 Å². The van der Waals surface area contributed by atoms with Gasteiger partial charge in [0.2, 0.25) is 0 Å². The molecule has 0 saturated carbocycles. The molecule has 7 heteroatoms. The lowest BCUT2D eigenvalue weighted by atomic mass is 10.3. The van der Waals surface area contributed by atoms with Crippen molar-refractivity contribution in [2.45, 2.75) is 11.8 Å². The van der Waals surface area contributed by atoms with E-state index < -0.39 is 10.0 Å². The van der Waals surface area contributed by atoms with Crippen LogP contribution < -0.4 is 13.8 Å². The van der Waals surface area contributed by atoms with E-state index in [-0.39, 0.29) is 11.4 Å². The zero-order valence-corrected chi connectivity index (χ0v) is 16.5. The summed E-state index contributed by atoms with van der Waals surface area (Å²) in [6, 6.07) is 11.6. The van der Waals surface area contributed by atoms with Crippen molar-refractivity contribution in [3.8, 4) is 11.5 Å². The van der Waals surface area contributed by atoms with Crippen molar-refractivity contribution < 1.29 is 17.9 Å². The lowest BCUT2D eigenvalue weighted by Gasteiger charge is -2.23. The van der Waals surface area contributed by atoms with Gasteiger partial charge in [0.15, 0.2) is 0 Å². The van der Waals surface area contributed by atoms with Gasteiger partial charge < -0.3 is 9.47 Å². The molecule has 0 atom stereocenters. The van der Waals surface area contributed by atoms with Crippen molar-refractivity contribution in [3.63, 3.8) is 0 Å². The molecular formula is C18H20BrNO4S. The summed E-state index contributed by atoms with van der Waals surface area (Å²) in [6.45, 7) is 6.26. The highest BCUT2D eigenvalue weighted by Gasteiger charge is 2.25. The maximum atomic E-state index is 13.1. The molecule has 0 spiro atoms. The van der Waals surface area contributed by atoms with Gasteiger partial charge in [0, 0.05) is 0 Å². The molecule has 0 aliphatic carbocycles. The van der Waals surface area contributed by atoms with Gasteiger partial charge >= 0.3 is 0 Å². The Labute approximate surface area is 157 Å². The van der Waals surface area contributed by atoms with Gasteiger partial charge in [-0.1, -0.05) is 6.08 Å². The van der Waals surface area contributed by atoms with Crippen LogP contribution in [0.3, 0.4) is 0 Å². The molecule has 25 heavy (non-hydrogen) atoms. The Morgan fingerprint density at radius 1 is 1.20 bits per heavy atom. The van der Waals surface area contributed by atoms with E-state index in [4.69, 9.17) is 9.47 Å². The number of anilines is 1. The molecule has 0 amide bonds. The average molecular weight is 426 g/mol. The van der Waals surface area contributed by atoms with E-state index in [1.165, 1.54) is 23.5 Å². The Balaban J connectivity index is 2.43. The minimum Gasteiger partial charge on any atom is -0.496 e. The van der Waals surface area contributed by atoms with Crippen LogP contribution in [0.1, 0.15) is 6.92 Å². The van der Waals surface area contributed by atoms with Gasteiger partial charge in [-0.2, -0.15) is 0 Å². The van der Waals surface area contributed by atoms with E-state index in [9.17, 15) is 8.42 Å². The Hall–Kier alpha value is -1.99. The summed E-state index contributed by atoms with van der Waals surface area (Å²) in [5, 5.41) is 0. The van der Waals surface area contributed by atoms with E-state index >= 15 is 0 Å². The average Bonchev–Trinajstić information content (AvgIpc) is 2.60. The van der Waals surface area contributed by atoms with Crippen LogP contribution in [-0.2, 0) is 10.0 Å². The lowest BCUT2D eigenvalue weighted by molar-refractivity contribution is 0.340. The molecule has 134 valence electrons. The summed E-state index contributed by atoms with van der Waals surface area (Å²) in [6.07, 6.45) is 1.55. The molecular weight excluding hydrogens is 406 g/mol. The summed E-state index contributed by atoms with van der Waals surface area (Å²) in [5.41, 5.74) is 0.537. The van der Waals surface area contributed by atoms with Crippen LogP contribution in [0.2, 0.25) is 0 Å². The standard InChI is InChI=1S/C18H20BrNO4S/c1-4-12-20(14-6-8-15(9-7-14)24-5-2)25(21,22)16-10-11-18(23-3)17(19)13-16/h4,6-11,13H,1,5,12H2,2-3H3. The summed E-state index contributed by atoms with van der Waals surface area (Å²) >= 11 is 3.33. The zero-order chi connectivity index (χ0) is 18.4. The summed E-state index contributed by atoms with van der Waals surface area (Å²) in [4.78, 5) is 0.163. The predicted molar refractivity (Wildman–Crippen MR) is 103 cm³/mol. The van der Waals surface area contributed by atoms with Crippen LogP contribution in [0, 0.1) is 0 Å². The first-order valence-corrected chi connectivity index (χ1v) is 9.87. The molecule has 5 nitrogen and oxygen atoms in total. The van der Waals surface area contributed by atoms with Gasteiger partial charge in [-0.15, -0.1) is 6.58 Å². The van der Waals surface area contributed by atoms with Gasteiger partial charge in [0.25, 0.3) is 10.0 Å². The molecule has 0 aliphatic heterocycles. The molecule has 0 unspecified atom stereocenters. The first-order chi connectivity index (χ1) is 11.9. The molecule has 0 fully saturated rings. The third kappa shape index (κ3) is 4.35. The highest BCUT2D eigenvalue weighted by atomic mass is 79.9. The molecule has 2 aromatic carbocycles. The van der Waals surface area contributed by atoms with Gasteiger partial charge in [-0.25, -0.2) is 8.42 Å². The smallest absolute Gasteiger partial charge is 0.264 e. The minimum atomic E-state index is -3.75. The topological polar surface area (TPSA) is 55.8 Å². The second kappa shape index (κ2) is 8.40. The van der Waals surface area contributed by atoms with Crippen LogP contribution in [0.5, 0.6) is 11.5 Å². The molecule has 0 radical (unpaired) electrons. The molecule has 0 bridgehead atoms.